The third-order valence-corrected chi connectivity index (χ3v) is 4.96. The highest BCUT2D eigenvalue weighted by Gasteiger charge is 2.26. The molecule has 2 aromatic carbocycles. The van der Waals surface area contributed by atoms with Gasteiger partial charge in [-0.15, -0.1) is 0 Å². The molecular weight excluding hydrogens is 378 g/mol. The van der Waals surface area contributed by atoms with E-state index in [1.165, 1.54) is 17.0 Å². The molecule has 1 atom stereocenters. The summed E-state index contributed by atoms with van der Waals surface area (Å²) in [6.45, 7) is 1.63. The zero-order valence-corrected chi connectivity index (χ0v) is 16.0. The standard InChI is InChI=1S/C19H19Cl2FN2O2/c1-23-8-7-14(11-23)26-19(25)24(2)18-6-4-13(20)10-15(18)12-3-5-17(22)16(21)9-12/h3-6,9-10,14H,7-8,11H2,1-2H3/t14-/m1/s1. The van der Waals surface area contributed by atoms with E-state index in [1.807, 2.05) is 7.05 Å². The number of nitrogens with zero attached hydrogens (tertiary/aromatic N) is 2. The van der Waals surface area contributed by atoms with Crippen molar-refractivity contribution < 1.29 is 13.9 Å². The minimum atomic E-state index is -0.503. The van der Waals surface area contributed by atoms with Gasteiger partial charge in [-0.1, -0.05) is 29.3 Å². The van der Waals surface area contributed by atoms with Crippen molar-refractivity contribution in [1.82, 2.24) is 4.90 Å². The molecule has 7 heteroatoms. The second-order valence-corrected chi connectivity index (χ2v) is 7.25. The van der Waals surface area contributed by atoms with Crippen LogP contribution in [-0.4, -0.2) is 44.3 Å². The number of rotatable bonds is 3. The summed E-state index contributed by atoms with van der Waals surface area (Å²) < 4.78 is 19.1. The maximum absolute atomic E-state index is 13.5. The Bertz CT molecular complexity index is 831. The van der Waals surface area contributed by atoms with E-state index in [4.69, 9.17) is 27.9 Å². The molecule has 2 aromatic rings. The molecule has 1 heterocycles. The van der Waals surface area contributed by atoms with Crippen molar-refractivity contribution in [2.24, 2.45) is 0 Å². The normalized spacial score (nSPS) is 17.3. The van der Waals surface area contributed by atoms with Gasteiger partial charge in [0.15, 0.2) is 0 Å². The molecule has 0 aromatic heterocycles. The number of likely N-dealkylation sites (N-methyl/N-ethyl adjacent to an activating group) is 1. The lowest BCUT2D eigenvalue weighted by Gasteiger charge is -2.23. The van der Waals surface area contributed by atoms with Crippen molar-refractivity contribution in [3.05, 3.63) is 52.3 Å². The van der Waals surface area contributed by atoms with Crippen LogP contribution in [0.15, 0.2) is 36.4 Å². The molecule has 1 aliphatic rings. The fourth-order valence-electron chi connectivity index (χ4n) is 3.01. The summed E-state index contributed by atoms with van der Waals surface area (Å²) in [6.07, 6.45) is 0.255. The monoisotopic (exact) mass is 396 g/mol. The number of anilines is 1. The molecule has 0 saturated carbocycles. The molecule has 1 aliphatic heterocycles. The molecule has 0 radical (unpaired) electrons. The van der Waals surface area contributed by atoms with Crippen LogP contribution in [0.5, 0.6) is 0 Å². The number of benzene rings is 2. The van der Waals surface area contributed by atoms with E-state index in [0.29, 0.717) is 21.8 Å². The van der Waals surface area contributed by atoms with Gasteiger partial charge >= 0.3 is 6.09 Å². The molecule has 4 nitrogen and oxygen atoms in total. The number of likely N-dealkylation sites (tertiary alicyclic amines) is 1. The summed E-state index contributed by atoms with van der Waals surface area (Å²) in [5, 5.41) is 0.510. The van der Waals surface area contributed by atoms with Crippen LogP contribution in [0.4, 0.5) is 14.9 Å². The summed E-state index contributed by atoms with van der Waals surface area (Å²) in [7, 11) is 3.63. The Kier molecular flexibility index (Phi) is 5.70. The maximum Gasteiger partial charge on any atom is 0.414 e. The van der Waals surface area contributed by atoms with Crippen LogP contribution in [-0.2, 0) is 4.74 Å². The van der Waals surface area contributed by atoms with E-state index >= 15 is 0 Å². The molecule has 0 N–H and O–H groups in total. The zero-order chi connectivity index (χ0) is 18.8. The maximum atomic E-state index is 13.5. The van der Waals surface area contributed by atoms with Crippen molar-refractivity contribution in [2.75, 3.05) is 32.1 Å². The van der Waals surface area contributed by atoms with Gasteiger partial charge in [0.25, 0.3) is 0 Å². The molecule has 1 fully saturated rings. The number of hydrogen-bond acceptors (Lipinski definition) is 3. The minimum Gasteiger partial charge on any atom is -0.444 e. The molecule has 3 rings (SSSR count). The van der Waals surface area contributed by atoms with E-state index in [0.717, 1.165) is 19.5 Å². The average molecular weight is 397 g/mol. The second kappa shape index (κ2) is 7.82. The van der Waals surface area contributed by atoms with Gasteiger partial charge in [0.1, 0.15) is 11.9 Å². The Morgan fingerprint density at radius 2 is 2.04 bits per heavy atom. The molecule has 1 saturated heterocycles. The zero-order valence-electron chi connectivity index (χ0n) is 14.5. The van der Waals surface area contributed by atoms with Crippen molar-refractivity contribution in [2.45, 2.75) is 12.5 Å². The summed E-state index contributed by atoms with van der Waals surface area (Å²) in [5.74, 6) is -0.503. The van der Waals surface area contributed by atoms with Gasteiger partial charge in [0.05, 0.1) is 10.7 Å². The van der Waals surface area contributed by atoms with Crippen molar-refractivity contribution in [1.29, 1.82) is 0 Å². The van der Waals surface area contributed by atoms with Gasteiger partial charge in [-0.05, 0) is 49.4 Å². The first-order valence-electron chi connectivity index (χ1n) is 8.23. The van der Waals surface area contributed by atoms with Crippen LogP contribution in [0.3, 0.4) is 0 Å². The Morgan fingerprint density at radius 3 is 2.69 bits per heavy atom. The Morgan fingerprint density at radius 1 is 1.27 bits per heavy atom. The highest BCUT2D eigenvalue weighted by atomic mass is 35.5. The van der Waals surface area contributed by atoms with Crippen molar-refractivity contribution in [3.63, 3.8) is 0 Å². The summed E-state index contributed by atoms with van der Waals surface area (Å²) in [4.78, 5) is 16.1. The van der Waals surface area contributed by atoms with Gasteiger partial charge in [-0.2, -0.15) is 0 Å². The molecule has 138 valence electrons. The summed E-state index contributed by atoms with van der Waals surface area (Å²) >= 11 is 12.0. The van der Waals surface area contributed by atoms with Gasteiger partial charge in [0, 0.05) is 30.7 Å². The van der Waals surface area contributed by atoms with Crippen LogP contribution in [0.25, 0.3) is 11.1 Å². The average Bonchev–Trinajstić information content (AvgIpc) is 3.01. The van der Waals surface area contributed by atoms with Crippen molar-refractivity contribution >= 4 is 35.0 Å². The minimum absolute atomic E-state index is 0.00708. The van der Waals surface area contributed by atoms with Crippen LogP contribution in [0, 0.1) is 5.82 Å². The largest absolute Gasteiger partial charge is 0.444 e. The van der Waals surface area contributed by atoms with E-state index in [9.17, 15) is 9.18 Å². The molecule has 0 unspecified atom stereocenters. The third-order valence-electron chi connectivity index (χ3n) is 4.44. The lowest BCUT2D eigenvalue weighted by Crippen LogP contribution is -2.32. The van der Waals surface area contributed by atoms with Crippen LogP contribution in [0.1, 0.15) is 6.42 Å². The first-order valence-corrected chi connectivity index (χ1v) is 8.98. The Balaban J connectivity index is 1.89. The fourth-order valence-corrected chi connectivity index (χ4v) is 3.36. The van der Waals surface area contributed by atoms with Crippen LogP contribution >= 0.6 is 23.2 Å². The Labute approximate surface area is 162 Å². The van der Waals surface area contributed by atoms with Gasteiger partial charge in [-0.3, -0.25) is 4.90 Å². The summed E-state index contributed by atoms with van der Waals surface area (Å²) in [5.41, 5.74) is 1.94. The van der Waals surface area contributed by atoms with Gasteiger partial charge < -0.3 is 9.64 Å². The number of halogens is 3. The second-order valence-electron chi connectivity index (χ2n) is 6.41. The Hall–Kier alpha value is -1.82. The molecule has 26 heavy (non-hydrogen) atoms. The fraction of sp³-hybridized carbons (Fsp3) is 0.316. The summed E-state index contributed by atoms with van der Waals surface area (Å²) in [6, 6.07) is 9.54. The van der Waals surface area contributed by atoms with E-state index in [2.05, 4.69) is 4.90 Å². The van der Waals surface area contributed by atoms with Gasteiger partial charge in [-0.25, -0.2) is 9.18 Å². The van der Waals surface area contributed by atoms with E-state index in [-0.39, 0.29) is 11.1 Å². The van der Waals surface area contributed by atoms with E-state index < -0.39 is 11.9 Å². The number of carbonyl (C=O) groups excluding carboxylic acids is 1. The molecule has 0 spiro atoms. The quantitative estimate of drug-likeness (QED) is 0.725. The highest BCUT2D eigenvalue weighted by Crippen LogP contribution is 2.35. The first-order chi connectivity index (χ1) is 12.3. The molecular formula is C19H19Cl2FN2O2. The lowest BCUT2D eigenvalue weighted by molar-refractivity contribution is 0.110. The van der Waals surface area contributed by atoms with E-state index in [1.54, 1.807) is 31.3 Å². The predicted octanol–water partition coefficient (Wildman–Crippen LogP) is 5.08. The van der Waals surface area contributed by atoms with Crippen molar-refractivity contribution in [3.8, 4) is 11.1 Å². The first kappa shape index (κ1) is 19.0. The predicted molar refractivity (Wildman–Crippen MR) is 103 cm³/mol. The number of carbonyl (C=O) groups is 1. The highest BCUT2D eigenvalue weighted by molar-refractivity contribution is 6.31. The lowest BCUT2D eigenvalue weighted by atomic mass is 10.0. The number of ether oxygens (including phenoxy) is 1. The molecule has 1 amide bonds. The molecule has 0 aliphatic carbocycles. The SMILES string of the molecule is CN1CC[C@@H](OC(=O)N(C)c2ccc(Cl)cc2-c2ccc(F)c(Cl)c2)C1. The van der Waals surface area contributed by atoms with Crippen LogP contribution < -0.4 is 4.90 Å². The van der Waals surface area contributed by atoms with Crippen LogP contribution in [0.2, 0.25) is 10.0 Å². The molecule has 0 bridgehead atoms. The third kappa shape index (κ3) is 4.11. The number of hydrogen-bond donors (Lipinski definition) is 0. The smallest absolute Gasteiger partial charge is 0.414 e. The number of amides is 1. The van der Waals surface area contributed by atoms with Gasteiger partial charge in [0.2, 0.25) is 0 Å². The topological polar surface area (TPSA) is 32.8 Å².